The minimum absolute atomic E-state index is 0.0469. The Labute approximate surface area is 358 Å². The number of nitrogens with zero attached hydrogens (tertiary/aromatic N) is 4. The Balaban J connectivity index is 1.50. The molecule has 0 spiro atoms. The van der Waals surface area contributed by atoms with E-state index in [0.717, 1.165) is 43.4 Å². The number of rotatable bonds is 29. The lowest BCUT2D eigenvalue weighted by molar-refractivity contribution is -0.137. The van der Waals surface area contributed by atoms with Gasteiger partial charge in [-0.25, -0.2) is 14.2 Å². The van der Waals surface area contributed by atoms with Crippen LogP contribution in [0.3, 0.4) is 0 Å². The lowest BCUT2D eigenvalue weighted by Crippen LogP contribution is -2.46. The number of aromatic amines is 1. The quantitative estimate of drug-likeness (QED) is 0.0743. The average Bonchev–Trinajstić information content (AvgIpc) is 3.74. The number of phosphoric ester groups is 1. The van der Waals surface area contributed by atoms with Crippen LogP contribution in [0.1, 0.15) is 122 Å². The van der Waals surface area contributed by atoms with Crippen LogP contribution in [0.5, 0.6) is 0 Å². The summed E-state index contributed by atoms with van der Waals surface area (Å²) < 4.78 is 55.3. The molecule has 19 nitrogen and oxygen atoms in total. The number of carbonyl (C=O) groups excluding carboxylic acids is 1. The number of hydrogen-bond acceptors (Lipinski definition) is 14. The molecule has 0 aromatic carbocycles. The van der Waals surface area contributed by atoms with E-state index >= 15 is 0 Å². The van der Waals surface area contributed by atoms with Gasteiger partial charge in [0.05, 0.1) is 12.7 Å². The monoisotopic (exact) mass is 884 g/mol. The number of carbonyl (C=O) groups is 1. The predicted octanol–water partition coefficient (Wildman–Crippen LogP) is 4.69. The van der Waals surface area contributed by atoms with Crippen LogP contribution in [0, 0.1) is 5.92 Å². The summed E-state index contributed by atoms with van der Waals surface area (Å²) in [5, 5.41) is 0. The summed E-state index contributed by atoms with van der Waals surface area (Å²) in [6, 6.07) is 2.60. The number of methoxy groups -OCH3 is 3. The molecule has 1 amide bonds. The van der Waals surface area contributed by atoms with Gasteiger partial charge >= 0.3 is 19.2 Å². The van der Waals surface area contributed by atoms with Crippen LogP contribution in [0.25, 0.3) is 0 Å². The Morgan fingerprint density at radius 3 is 1.92 bits per heavy atom. The zero-order valence-corrected chi connectivity index (χ0v) is 37.4. The van der Waals surface area contributed by atoms with E-state index in [1.165, 1.54) is 109 Å². The number of nitrogens with two attached hydrogens (primary N) is 1. The second-order valence-electron chi connectivity index (χ2n) is 15.9. The second kappa shape index (κ2) is 25.8. The van der Waals surface area contributed by atoms with Crippen molar-refractivity contribution in [3.63, 3.8) is 0 Å². The Morgan fingerprint density at radius 2 is 1.38 bits per heavy atom. The Hall–Kier alpha value is -3.26. The van der Waals surface area contributed by atoms with E-state index in [-0.39, 0.29) is 31.3 Å². The molecule has 61 heavy (non-hydrogen) atoms. The van der Waals surface area contributed by atoms with Crippen LogP contribution in [-0.4, -0.2) is 113 Å². The average molecular weight is 885 g/mol. The van der Waals surface area contributed by atoms with Gasteiger partial charge < -0.3 is 39.2 Å². The van der Waals surface area contributed by atoms with E-state index in [1.54, 1.807) is 4.90 Å². The minimum atomic E-state index is -4.66. The minimum Gasteiger partial charge on any atom is -0.383 e. The molecular formula is C41H69N6O13P. The molecule has 0 saturated carbocycles. The van der Waals surface area contributed by atoms with Gasteiger partial charge in [-0.05, 0) is 12.5 Å². The van der Waals surface area contributed by atoms with Crippen molar-refractivity contribution < 1.29 is 47.0 Å². The SMILES string of the molecule is CCCCCCCCCCCCCCCCCN(C[C@H]1O[C@@H](n2ccc(=O)[nH]c2=O)C(OC)[C@H]1OP(=O)(O)OC)C(=O)CC1C(OC)[C@H](n2ccc(N)nc2=O)O[C@@H]1COC. The molecule has 4 rings (SSSR count). The van der Waals surface area contributed by atoms with Crippen molar-refractivity contribution >= 4 is 19.5 Å². The summed E-state index contributed by atoms with van der Waals surface area (Å²) in [6.45, 7) is 2.50. The van der Waals surface area contributed by atoms with E-state index in [4.69, 9.17) is 38.5 Å². The third-order valence-corrected chi connectivity index (χ3v) is 12.6. The number of phosphoric acid groups is 1. The van der Waals surface area contributed by atoms with Crippen LogP contribution < -0.4 is 22.7 Å². The first-order valence-electron chi connectivity index (χ1n) is 21.7. The molecule has 2 fully saturated rings. The number of anilines is 1. The van der Waals surface area contributed by atoms with Crippen LogP contribution in [-0.2, 0) is 42.1 Å². The smallest absolute Gasteiger partial charge is 0.383 e. The number of ether oxygens (including phenoxy) is 5. The van der Waals surface area contributed by atoms with Crippen LogP contribution in [0.4, 0.5) is 5.82 Å². The summed E-state index contributed by atoms with van der Waals surface area (Å²) in [5.74, 6) is -0.853. The van der Waals surface area contributed by atoms with Gasteiger partial charge in [-0.3, -0.25) is 32.8 Å². The second-order valence-corrected chi connectivity index (χ2v) is 17.4. The molecule has 20 heteroatoms. The van der Waals surface area contributed by atoms with Gasteiger partial charge in [0.2, 0.25) is 5.91 Å². The van der Waals surface area contributed by atoms with Crippen molar-refractivity contribution in [2.75, 3.05) is 53.9 Å². The van der Waals surface area contributed by atoms with Crippen LogP contribution >= 0.6 is 7.82 Å². The molecule has 9 atom stereocenters. The van der Waals surface area contributed by atoms with E-state index in [2.05, 4.69) is 16.9 Å². The van der Waals surface area contributed by atoms with Gasteiger partial charge in [-0.15, -0.1) is 0 Å². The maximum atomic E-state index is 14.6. The lowest BCUT2D eigenvalue weighted by Gasteiger charge is -2.31. The number of aromatic nitrogens is 4. The van der Waals surface area contributed by atoms with Gasteiger partial charge in [-0.1, -0.05) is 96.8 Å². The predicted molar refractivity (Wildman–Crippen MR) is 227 cm³/mol. The third-order valence-electron chi connectivity index (χ3n) is 11.6. The molecule has 2 aromatic rings. The normalized spacial score (nSPS) is 24.9. The number of H-pyrrole nitrogens is 1. The molecule has 0 bridgehead atoms. The van der Waals surface area contributed by atoms with Gasteiger partial charge in [0.15, 0.2) is 12.5 Å². The molecular weight excluding hydrogens is 815 g/mol. The van der Waals surface area contributed by atoms with Gasteiger partial charge in [0, 0.05) is 72.3 Å². The number of hydrogen-bond donors (Lipinski definition) is 3. The topological polar surface area (TPSA) is 238 Å². The van der Waals surface area contributed by atoms with E-state index in [0.29, 0.717) is 13.0 Å². The molecule has 0 aliphatic carbocycles. The maximum absolute atomic E-state index is 14.6. The van der Waals surface area contributed by atoms with E-state index < -0.39 is 73.7 Å². The summed E-state index contributed by atoms with van der Waals surface area (Å²) >= 11 is 0. The lowest BCUT2D eigenvalue weighted by atomic mass is 9.93. The number of amides is 1. The Kier molecular flexibility index (Phi) is 21.3. The fourth-order valence-electron chi connectivity index (χ4n) is 8.31. The van der Waals surface area contributed by atoms with Gasteiger partial charge in [0.1, 0.15) is 30.2 Å². The number of nitrogen functional groups attached to an aromatic ring is 1. The van der Waals surface area contributed by atoms with Crippen molar-refractivity contribution in [1.82, 2.24) is 24.0 Å². The summed E-state index contributed by atoms with van der Waals surface area (Å²) in [6.07, 6.45) is 13.1. The standard InChI is InChI=1S/C41H69N6O13P/c1-6-7-8-9-10-11-12-13-14-15-16-17-18-19-20-23-45(34(49)26-29-31(28-54-2)59-38(35(29)55-3)46-24-21-32(42)43-40(46)50)27-30-36(60-61(52,53)57-5)37(56-4)39(58-30)47-25-22-33(48)44-41(47)51/h21-22,24-25,29-31,35-39H,6-20,23,26-28H2,1-5H3,(H,52,53)(H2,42,43,50)(H,44,48,51)/t29?,30-,31-,35?,36+,37?,38-,39-/m1/s1. The fraction of sp³-hybridized carbons (Fsp3) is 0.780. The summed E-state index contributed by atoms with van der Waals surface area (Å²) in [7, 11) is 0.648. The van der Waals surface area contributed by atoms with Crippen LogP contribution in [0.15, 0.2) is 38.9 Å². The highest BCUT2D eigenvalue weighted by atomic mass is 31.2. The molecule has 2 aromatic heterocycles. The number of unbranched alkanes of at least 4 members (excludes halogenated alkanes) is 14. The first-order chi connectivity index (χ1) is 29.4. The Morgan fingerprint density at radius 1 is 0.820 bits per heavy atom. The molecule has 346 valence electrons. The van der Waals surface area contributed by atoms with Crippen molar-refractivity contribution in [3.05, 3.63) is 55.8 Å². The number of nitrogens with one attached hydrogen (secondary N) is 1. The molecule has 4 N–H and O–H groups in total. The summed E-state index contributed by atoms with van der Waals surface area (Å²) in [5.41, 5.74) is 3.66. The van der Waals surface area contributed by atoms with Gasteiger partial charge in [0.25, 0.3) is 5.56 Å². The fourth-order valence-corrected chi connectivity index (χ4v) is 8.96. The van der Waals surface area contributed by atoms with E-state index in [1.807, 2.05) is 0 Å². The highest BCUT2D eigenvalue weighted by molar-refractivity contribution is 7.47. The van der Waals surface area contributed by atoms with Crippen molar-refractivity contribution in [1.29, 1.82) is 0 Å². The first-order valence-corrected chi connectivity index (χ1v) is 23.2. The van der Waals surface area contributed by atoms with Crippen LogP contribution in [0.2, 0.25) is 0 Å². The Bertz CT molecular complexity index is 1840. The summed E-state index contributed by atoms with van der Waals surface area (Å²) in [4.78, 5) is 70.4. The van der Waals surface area contributed by atoms with E-state index in [9.17, 15) is 28.6 Å². The molecule has 4 heterocycles. The molecule has 2 saturated heterocycles. The van der Waals surface area contributed by atoms with Gasteiger partial charge in [-0.2, -0.15) is 4.98 Å². The van der Waals surface area contributed by atoms with Crippen molar-refractivity contribution in [2.24, 2.45) is 5.92 Å². The molecule has 2 aliphatic heterocycles. The molecule has 4 unspecified atom stereocenters. The third kappa shape index (κ3) is 14.9. The highest BCUT2D eigenvalue weighted by Gasteiger charge is 2.52. The highest BCUT2D eigenvalue weighted by Crippen LogP contribution is 2.48. The van der Waals surface area contributed by atoms with Crippen molar-refractivity contribution in [3.8, 4) is 0 Å². The molecule has 0 radical (unpaired) electrons. The largest absolute Gasteiger partial charge is 0.472 e. The zero-order chi connectivity index (χ0) is 44.4. The molecule has 2 aliphatic rings. The first kappa shape index (κ1) is 50.4. The zero-order valence-electron chi connectivity index (χ0n) is 36.5. The van der Waals surface area contributed by atoms with Crippen molar-refractivity contribution in [2.45, 2.75) is 153 Å². The maximum Gasteiger partial charge on any atom is 0.472 e.